The van der Waals surface area contributed by atoms with Crippen LogP contribution in [0, 0.1) is 6.92 Å². The molecule has 1 amide bonds. The Bertz CT molecular complexity index is 1380. The average Bonchev–Trinajstić information content (AvgIpc) is 3.33. The van der Waals surface area contributed by atoms with E-state index in [1.165, 1.54) is 11.1 Å². The molecule has 0 saturated heterocycles. The molecule has 3 heterocycles. The summed E-state index contributed by atoms with van der Waals surface area (Å²) < 4.78 is 14.0. The van der Waals surface area contributed by atoms with Gasteiger partial charge >= 0.3 is 0 Å². The molecule has 0 saturated carbocycles. The number of aryl methyl sites for hydroxylation is 2. The smallest absolute Gasteiger partial charge is 0.272 e. The fraction of sp³-hybridized carbons (Fsp3) is 0.241. The van der Waals surface area contributed by atoms with Crippen LogP contribution in [0.3, 0.4) is 0 Å². The highest BCUT2D eigenvalue weighted by atomic mass is 16.5. The molecule has 0 spiro atoms. The molecule has 0 bridgehead atoms. The second-order valence-electron chi connectivity index (χ2n) is 9.22. The number of carbonyl (C=O) groups excluding carboxylic acids is 1. The van der Waals surface area contributed by atoms with Gasteiger partial charge in [-0.15, -0.1) is 0 Å². The van der Waals surface area contributed by atoms with Gasteiger partial charge in [0.2, 0.25) is 5.88 Å². The van der Waals surface area contributed by atoms with Crippen LogP contribution in [-0.4, -0.2) is 28.3 Å². The third-order valence-corrected chi connectivity index (χ3v) is 6.79. The zero-order valence-corrected chi connectivity index (χ0v) is 19.6. The highest BCUT2D eigenvalue weighted by Gasteiger charge is 2.27. The van der Waals surface area contributed by atoms with Crippen LogP contribution in [0.5, 0.6) is 11.6 Å². The molecule has 1 aromatic heterocycles. The minimum atomic E-state index is -0.209. The van der Waals surface area contributed by atoms with Gasteiger partial charge in [0.15, 0.2) is 5.69 Å². The van der Waals surface area contributed by atoms with Crippen LogP contribution in [0.25, 0.3) is 11.1 Å². The first-order valence-electron chi connectivity index (χ1n) is 12.1. The van der Waals surface area contributed by atoms with E-state index in [2.05, 4.69) is 53.7 Å². The Morgan fingerprint density at radius 3 is 2.69 bits per heavy atom. The first-order valence-corrected chi connectivity index (χ1v) is 12.1. The van der Waals surface area contributed by atoms with Crippen LogP contribution in [0.15, 0.2) is 78.9 Å². The van der Waals surface area contributed by atoms with Gasteiger partial charge in [-0.05, 0) is 53.3 Å². The lowest BCUT2D eigenvalue weighted by Gasteiger charge is -2.26. The Kier molecular flexibility index (Phi) is 5.49. The van der Waals surface area contributed by atoms with Crippen molar-refractivity contribution in [1.82, 2.24) is 15.1 Å². The standard InChI is InChI=1S/C29H27N3O3/c1-19-7-5-6-10-24(19)27-13-14-32-28(35-27)17-25(31-32)29(33)30-23-16-22-15-21(11-12-26(22)34-18-23)20-8-3-2-4-9-20/h2-12,15,17,23,27H,13-14,16,18H2,1H3,(H,30,33). The van der Waals surface area contributed by atoms with Gasteiger partial charge in [-0.25, -0.2) is 4.68 Å². The van der Waals surface area contributed by atoms with Crippen molar-refractivity contribution in [2.45, 2.75) is 38.5 Å². The summed E-state index contributed by atoms with van der Waals surface area (Å²) in [6.45, 7) is 3.24. The Balaban J connectivity index is 1.14. The van der Waals surface area contributed by atoms with Crippen LogP contribution < -0.4 is 14.8 Å². The third kappa shape index (κ3) is 4.28. The molecular formula is C29H27N3O3. The minimum Gasteiger partial charge on any atom is -0.491 e. The van der Waals surface area contributed by atoms with Crippen LogP contribution in [0.4, 0.5) is 0 Å². The summed E-state index contributed by atoms with van der Waals surface area (Å²) >= 11 is 0. The van der Waals surface area contributed by atoms with E-state index in [0.717, 1.165) is 28.9 Å². The molecule has 0 aliphatic carbocycles. The van der Waals surface area contributed by atoms with Crippen molar-refractivity contribution in [1.29, 1.82) is 0 Å². The molecule has 176 valence electrons. The summed E-state index contributed by atoms with van der Waals surface area (Å²) in [5, 5.41) is 7.60. The van der Waals surface area contributed by atoms with E-state index in [1.54, 1.807) is 10.7 Å². The van der Waals surface area contributed by atoms with Crippen LogP contribution in [0.2, 0.25) is 0 Å². The molecular weight excluding hydrogens is 438 g/mol. The predicted octanol–water partition coefficient (Wildman–Crippen LogP) is 5.12. The normalized spacial score (nSPS) is 18.5. The SMILES string of the molecule is Cc1ccccc1C1CCn2nc(C(=O)NC3COc4ccc(-c5ccccc5)cc4C3)cc2O1. The van der Waals surface area contributed by atoms with E-state index in [-0.39, 0.29) is 18.1 Å². The van der Waals surface area contributed by atoms with Crippen molar-refractivity contribution in [3.05, 3.63) is 101 Å². The molecule has 0 fully saturated rings. The van der Waals surface area contributed by atoms with E-state index in [0.29, 0.717) is 31.1 Å². The first kappa shape index (κ1) is 21.5. The van der Waals surface area contributed by atoms with Crippen LogP contribution in [0.1, 0.15) is 39.7 Å². The molecule has 0 radical (unpaired) electrons. The first-order chi connectivity index (χ1) is 17.1. The molecule has 2 aliphatic rings. The fourth-order valence-electron chi connectivity index (χ4n) is 4.93. The minimum absolute atomic E-state index is 0.0293. The molecule has 35 heavy (non-hydrogen) atoms. The summed E-state index contributed by atoms with van der Waals surface area (Å²) in [5.41, 5.74) is 6.15. The Hall–Kier alpha value is -4.06. The fourth-order valence-corrected chi connectivity index (χ4v) is 4.93. The average molecular weight is 466 g/mol. The van der Waals surface area contributed by atoms with Gasteiger partial charge in [-0.2, -0.15) is 5.10 Å². The number of benzene rings is 3. The van der Waals surface area contributed by atoms with Gasteiger partial charge in [0, 0.05) is 19.0 Å². The topological polar surface area (TPSA) is 65.4 Å². The number of carbonyl (C=O) groups is 1. The molecule has 4 aromatic rings. The van der Waals surface area contributed by atoms with Gasteiger partial charge in [0.05, 0.1) is 6.04 Å². The van der Waals surface area contributed by atoms with Gasteiger partial charge < -0.3 is 14.8 Å². The number of fused-ring (bicyclic) bond motifs is 2. The molecule has 2 unspecified atom stereocenters. The number of nitrogens with one attached hydrogen (secondary N) is 1. The summed E-state index contributed by atoms with van der Waals surface area (Å²) in [7, 11) is 0. The Labute approximate surface area is 204 Å². The Morgan fingerprint density at radius 2 is 1.83 bits per heavy atom. The predicted molar refractivity (Wildman–Crippen MR) is 134 cm³/mol. The van der Waals surface area contributed by atoms with Gasteiger partial charge in [-0.1, -0.05) is 60.7 Å². The lowest BCUT2D eigenvalue weighted by molar-refractivity contribution is 0.0909. The maximum atomic E-state index is 13.0. The molecule has 6 rings (SSSR count). The van der Waals surface area contributed by atoms with Crippen molar-refractivity contribution in [2.75, 3.05) is 6.61 Å². The largest absolute Gasteiger partial charge is 0.491 e. The lowest BCUT2D eigenvalue weighted by atomic mass is 9.97. The van der Waals surface area contributed by atoms with Crippen molar-refractivity contribution in [3.63, 3.8) is 0 Å². The molecule has 2 atom stereocenters. The summed E-state index contributed by atoms with van der Waals surface area (Å²) in [6, 6.07) is 26.4. The zero-order chi connectivity index (χ0) is 23.8. The molecule has 2 aliphatic heterocycles. The number of amides is 1. The van der Waals surface area contributed by atoms with Crippen LogP contribution >= 0.6 is 0 Å². The number of rotatable bonds is 4. The van der Waals surface area contributed by atoms with E-state index < -0.39 is 0 Å². The maximum absolute atomic E-state index is 13.0. The van der Waals surface area contributed by atoms with Crippen molar-refractivity contribution < 1.29 is 14.3 Å². The van der Waals surface area contributed by atoms with Crippen LogP contribution in [-0.2, 0) is 13.0 Å². The van der Waals surface area contributed by atoms with Gasteiger partial charge in [0.25, 0.3) is 5.91 Å². The summed E-state index contributed by atoms with van der Waals surface area (Å²) in [5.74, 6) is 1.30. The summed E-state index contributed by atoms with van der Waals surface area (Å²) in [4.78, 5) is 13.0. The lowest BCUT2D eigenvalue weighted by Crippen LogP contribution is -2.42. The second kappa shape index (κ2) is 8.95. The van der Waals surface area contributed by atoms with E-state index >= 15 is 0 Å². The molecule has 6 nitrogen and oxygen atoms in total. The molecule has 3 aromatic carbocycles. The zero-order valence-electron chi connectivity index (χ0n) is 19.6. The quantitative estimate of drug-likeness (QED) is 0.455. The number of aromatic nitrogens is 2. The molecule has 6 heteroatoms. The Morgan fingerprint density at radius 1 is 1.00 bits per heavy atom. The van der Waals surface area contributed by atoms with Crippen molar-refractivity contribution in [3.8, 4) is 22.8 Å². The number of ether oxygens (including phenoxy) is 2. The highest BCUT2D eigenvalue weighted by Crippen LogP contribution is 2.33. The van der Waals surface area contributed by atoms with E-state index in [1.807, 2.05) is 36.4 Å². The van der Waals surface area contributed by atoms with E-state index in [9.17, 15) is 4.79 Å². The monoisotopic (exact) mass is 465 g/mol. The number of nitrogens with zero attached hydrogens (tertiary/aromatic N) is 2. The summed E-state index contributed by atoms with van der Waals surface area (Å²) in [6.07, 6.45) is 1.50. The number of hydrogen-bond acceptors (Lipinski definition) is 4. The van der Waals surface area contributed by atoms with E-state index in [4.69, 9.17) is 9.47 Å². The molecule has 1 N–H and O–H groups in total. The van der Waals surface area contributed by atoms with Crippen molar-refractivity contribution >= 4 is 5.91 Å². The highest BCUT2D eigenvalue weighted by molar-refractivity contribution is 5.92. The van der Waals surface area contributed by atoms with Gasteiger partial charge in [-0.3, -0.25) is 4.79 Å². The number of hydrogen-bond donors (Lipinski definition) is 1. The maximum Gasteiger partial charge on any atom is 0.272 e. The van der Waals surface area contributed by atoms with Gasteiger partial charge in [0.1, 0.15) is 18.5 Å². The van der Waals surface area contributed by atoms with Crippen molar-refractivity contribution in [2.24, 2.45) is 0 Å². The second-order valence-corrected chi connectivity index (χ2v) is 9.22. The third-order valence-electron chi connectivity index (χ3n) is 6.79.